The van der Waals surface area contributed by atoms with E-state index < -0.39 is 5.41 Å². The Bertz CT molecular complexity index is 1470. The molecule has 0 radical (unpaired) electrons. The van der Waals surface area contributed by atoms with Gasteiger partial charge in [0.05, 0.1) is 5.41 Å². The maximum Gasteiger partial charge on any atom is 0.229 e. The lowest BCUT2D eigenvalue weighted by molar-refractivity contribution is -0.133. The normalized spacial score (nSPS) is 17.0. The van der Waals surface area contributed by atoms with Crippen molar-refractivity contribution in [2.75, 3.05) is 50.9 Å². The van der Waals surface area contributed by atoms with Crippen molar-refractivity contribution >= 4 is 41.0 Å². The number of nitrogens with zero attached hydrogens (tertiary/aromatic N) is 5. The maximum atomic E-state index is 13.7. The highest BCUT2D eigenvalue weighted by Crippen LogP contribution is 2.38. The van der Waals surface area contributed by atoms with Gasteiger partial charge in [0.2, 0.25) is 11.9 Å². The molecule has 1 aliphatic rings. The van der Waals surface area contributed by atoms with E-state index in [-0.39, 0.29) is 5.91 Å². The van der Waals surface area contributed by atoms with Crippen molar-refractivity contribution in [3.63, 3.8) is 0 Å². The van der Waals surface area contributed by atoms with Gasteiger partial charge in [0, 0.05) is 61.0 Å². The Morgan fingerprint density at radius 1 is 1.00 bits per heavy atom. The molecule has 9 nitrogen and oxygen atoms in total. The van der Waals surface area contributed by atoms with Crippen LogP contribution in [0.5, 0.6) is 0 Å². The SMILES string of the molecule is Cc1ccc(Nc2ccnc(Nc3ccc(SN4CCCC(Cc5cccnc5)(C(=O)NCCN(C)C)C4)cc3)n2)cc1. The zero-order valence-electron chi connectivity index (χ0n) is 25.1. The maximum absolute atomic E-state index is 13.7. The van der Waals surface area contributed by atoms with Gasteiger partial charge in [-0.1, -0.05) is 23.8 Å². The monoisotopic (exact) mass is 596 g/mol. The van der Waals surface area contributed by atoms with E-state index in [2.05, 4.69) is 77.4 Å². The molecule has 1 aliphatic heterocycles. The largest absolute Gasteiger partial charge is 0.354 e. The van der Waals surface area contributed by atoms with Crippen molar-refractivity contribution in [2.24, 2.45) is 5.41 Å². The molecule has 224 valence electrons. The molecule has 0 spiro atoms. The van der Waals surface area contributed by atoms with Gasteiger partial charge in [-0.05, 0) is 106 Å². The average molecular weight is 597 g/mol. The van der Waals surface area contributed by atoms with Crippen molar-refractivity contribution < 1.29 is 4.79 Å². The minimum atomic E-state index is -0.503. The standard InChI is InChI=1S/C33H40N8OS/c1-25-7-9-27(10-8-25)37-30-15-18-36-32(39-30)38-28-11-13-29(14-12-28)43-41-20-5-16-33(24-41,22-26-6-4-17-34-23-26)31(42)35-19-21-40(2)3/h4,6-15,17-18,23H,5,16,19-22,24H2,1-3H3,(H,35,42)(H2,36,37,38,39). The number of likely N-dealkylation sites (N-methyl/N-ethyl adjacent to an activating group) is 1. The van der Waals surface area contributed by atoms with Crippen LogP contribution in [0.2, 0.25) is 0 Å². The molecule has 1 fully saturated rings. The van der Waals surface area contributed by atoms with Gasteiger partial charge in [-0.3, -0.25) is 9.78 Å². The van der Waals surface area contributed by atoms with E-state index in [4.69, 9.17) is 0 Å². The molecule has 3 N–H and O–H groups in total. The van der Waals surface area contributed by atoms with Gasteiger partial charge >= 0.3 is 0 Å². The lowest BCUT2D eigenvalue weighted by Crippen LogP contribution is -2.52. The highest BCUT2D eigenvalue weighted by Gasteiger charge is 2.42. The molecule has 0 bridgehead atoms. The molecule has 1 atom stereocenters. The number of piperidine rings is 1. The Hall–Kier alpha value is -3.99. The number of anilines is 4. The van der Waals surface area contributed by atoms with E-state index in [0.29, 0.717) is 25.5 Å². The summed E-state index contributed by atoms with van der Waals surface area (Å²) in [7, 11) is 4.04. The van der Waals surface area contributed by atoms with Crippen molar-refractivity contribution in [3.05, 3.63) is 96.4 Å². The third-order valence-corrected chi connectivity index (χ3v) is 8.51. The summed E-state index contributed by atoms with van der Waals surface area (Å²) < 4.78 is 2.33. The van der Waals surface area contributed by atoms with Crippen LogP contribution in [0.4, 0.5) is 23.1 Å². The Morgan fingerprint density at radius 3 is 2.51 bits per heavy atom. The molecular weight excluding hydrogens is 556 g/mol. The van der Waals surface area contributed by atoms with Gasteiger partial charge in [0.15, 0.2) is 0 Å². The number of carbonyl (C=O) groups excluding carboxylic acids is 1. The highest BCUT2D eigenvalue weighted by molar-refractivity contribution is 7.97. The minimum absolute atomic E-state index is 0.127. The summed E-state index contributed by atoms with van der Waals surface area (Å²) in [5.41, 5.74) is 3.68. The second kappa shape index (κ2) is 14.5. The van der Waals surface area contributed by atoms with E-state index in [1.807, 2.05) is 56.7 Å². The lowest BCUT2D eigenvalue weighted by Gasteiger charge is -2.41. The van der Waals surface area contributed by atoms with Crippen molar-refractivity contribution in [2.45, 2.75) is 31.1 Å². The van der Waals surface area contributed by atoms with E-state index in [1.165, 1.54) is 5.56 Å². The van der Waals surface area contributed by atoms with Crippen molar-refractivity contribution in [1.82, 2.24) is 29.5 Å². The lowest BCUT2D eigenvalue weighted by atomic mass is 9.75. The van der Waals surface area contributed by atoms with Crippen molar-refractivity contribution in [1.29, 1.82) is 0 Å². The van der Waals surface area contributed by atoms with Crippen LogP contribution >= 0.6 is 11.9 Å². The molecule has 0 aliphatic carbocycles. The first-order chi connectivity index (χ1) is 20.9. The van der Waals surface area contributed by atoms with Crippen LogP contribution in [0.15, 0.2) is 90.2 Å². The number of hydrogen-bond acceptors (Lipinski definition) is 9. The van der Waals surface area contributed by atoms with Crippen LogP contribution in [0.25, 0.3) is 0 Å². The number of hydrogen-bond donors (Lipinski definition) is 3. The first-order valence-corrected chi connectivity index (χ1v) is 15.4. The zero-order chi connectivity index (χ0) is 30.1. The van der Waals surface area contributed by atoms with Crippen LogP contribution in [0, 0.1) is 12.3 Å². The quantitative estimate of drug-likeness (QED) is 0.179. The molecule has 3 heterocycles. The van der Waals surface area contributed by atoms with Gasteiger partial charge in [-0.2, -0.15) is 4.98 Å². The van der Waals surface area contributed by atoms with Crippen LogP contribution in [-0.2, 0) is 11.2 Å². The number of aryl methyl sites for hydroxylation is 1. The molecule has 1 unspecified atom stereocenters. The number of nitrogens with one attached hydrogen (secondary N) is 3. The Balaban J connectivity index is 1.22. The molecule has 1 amide bonds. The number of carbonyl (C=O) groups is 1. The fourth-order valence-corrected chi connectivity index (χ4v) is 6.29. The number of aromatic nitrogens is 3. The van der Waals surface area contributed by atoms with Crippen LogP contribution < -0.4 is 16.0 Å². The van der Waals surface area contributed by atoms with Gasteiger partial charge in [-0.15, -0.1) is 0 Å². The first kappa shape index (κ1) is 30.5. The third kappa shape index (κ3) is 8.76. The Morgan fingerprint density at radius 2 is 1.77 bits per heavy atom. The molecule has 43 heavy (non-hydrogen) atoms. The summed E-state index contributed by atoms with van der Waals surface area (Å²) in [4.78, 5) is 30.1. The molecular formula is C33H40N8OS. The van der Waals surface area contributed by atoms with E-state index in [0.717, 1.165) is 53.6 Å². The average Bonchev–Trinajstić information content (AvgIpc) is 3.00. The predicted molar refractivity (Wildman–Crippen MR) is 175 cm³/mol. The highest BCUT2D eigenvalue weighted by atomic mass is 32.2. The summed E-state index contributed by atoms with van der Waals surface area (Å²) >= 11 is 1.70. The van der Waals surface area contributed by atoms with E-state index in [1.54, 1.807) is 24.3 Å². The molecule has 1 saturated heterocycles. The number of pyridine rings is 1. The molecule has 10 heteroatoms. The van der Waals surface area contributed by atoms with Crippen molar-refractivity contribution in [3.8, 4) is 0 Å². The van der Waals surface area contributed by atoms with Crippen LogP contribution in [-0.4, -0.2) is 70.3 Å². The minimum Gasteiger partial charge on any atom is -0.354 e. The van der Waals surface area contributed by atoms with Crippen LogP contribution in [0.3, 0.4) is 0 Å². The van der Waals surface area contributed by atoms with Gasteiger partial charge in [0.1, 0.15) is 5.82 Å². The fraction of sp³-hybridized carbons (Fsp3) is 0.333. The summed E-state index contributed by atoms with van der Waals surface area (Å²) in [6, 6.07) is 22.3. The Labute approximate surface area is 258 Å². The summed E-state index contributed by atoms with van der Waals surface area (Å²) in [6.07, 6.45) is 7.88. The Kier molecular flexibility index (Phi) is 10.2. The van der Waals surface area contributed by atoms with E-state index >= 15 is 0 Å². The fourth-order valence-electron chi connectivity index (χ4n) is 5.20. The molecule has 0 saturated carbocycles. The topological polar surface area (TPSA) is 98.3 Å². The molecule has 2 aromatic carbocycles. The zero-order valence-corrected chi connectivity index (χ0v) is 25.9. The number of rotatable bonds is 12. The molecule has 4 aromatic rings. The molecule has 5 rings (SSSR count). The summed E-state index contributed by atoms with van der Waals surface area (Å²) in [5.74, 6) is 1.37. The summed E-state index contributed by atoms with van der Waals surface area (Å²) in [6.45, 7) is 5.12. The summed E-state index contributed by atoms with van der Waals surface area (Å²) in [5, 5.41) is 9.85. The smallest absolute Gasteiger partial charge is 0.229 e. The van der Waals surface area contributed by atoms with Gasteiger partial charge in [-0.25, -0.2) is 9.29 Å². The van der Waals surface area contributed by atoms with E-state index in [9.17, 15) is 4.79 Å². The molecule has 2 aromatic heterocycles. The van der Waals surface area contributed by atoms with Gasteiger partial charge < -0.3 is 20.9 Å². The van der Waals surface area contributed by atoms with Crippen LogP contribution in [0.1, 0.15) is 24.0 Å². The first-order valence-electron chi connectivity index (χ1n) is 14.7. The predicted octanol–water partition coefficient (Wildman–Crippen LogP) is 5.68. The second-order valence-electron chi connectivity index (χ2n) is 11.3. The number of amides is 1. The number of benzene rings is 2. The third-order valence-electron chi connectivity index (χ3n) is 7.46. The van der Waals surface area contributed by atoms with Gasteiger partial charge in [0.25, 0.3) is 0 Å². The second-order valence-corrected chi connectivity index (χ2v) is 12.5.